The molecule has 122 valence electrons. The summed E-state index contributed by atoms with van der Waals surface area (Å²) in [7, 11) is 0. The average molecular weight is 338 g/mol. The van der Waals surface area contributed by atoms with Crippen LogP contribution in [0.3, 0.4) is 0 Å². The minimum atomic E-state index is 0.169. The average Bonchev–Trinajstić information content (AvgIpc) is 2.96. The normalized spacial score (nSPS) is 20.6. The van der Waals surface area contributed by atoms with Crippen molar-refractivity contribution >= 4 is 17.4 Å². The van der Waals surface area contributed by atoms with E-state index in [1.807, 2.05) is 24.3 Å². The van der Waals surface area contributed by atoms with Crippen LogP contribution in [-0.4, -0.2) is 11.8 Å². The van der Waals surface area contributed by atoms with E-state index in [1.54, 1.807) is 6.08 Å². The van der Waals surface area contributed by atoms with Crippen LogP contribution in [0.4, 0.5) is 0 Å². The Hall–Kier alpha value is -2.06. The number of hydrogen-bond acceptors (Lipinski definition) is 2. The third kappa shape index (κ3) is 3.11. The maximum absolute atomic E-state index is 12.2. The van der Waals surface area contributed by atoms with Crippen LogP contribution in [0.1, 0.15) is 35.4 Å². The van der Waals surface area contributed by atoms with Crippen molar-refractivity contribution in [2.24, 2.45) is 0 Å². The molecule has 4 rings (SSSR count). The maximum Gasteiger partial charge on any atom is 0.158 e. The summed E-state index contributed by atoms with van der Waals surface area (Å²) in [6.45, 7) is 0. The molecular formula is C21H20ClNO. The van der Waals surface area contributed by atoms with Crippen LogP contribution in [0.15, 0.2) is 60.3 Å². The summed E-state index contributed by atoms with van der Waals surface area (Å²) in [5.74, 6) is 0.353. The van der Waals surface area contributed by atoms with E-state index in [0.29, 0.717) is 12.5 Å². The van der Waals surface area contributed by atoms with Gasteiger partial charge in [0.05, 0.1) is 0 Å². The van der Waals surface area contributed by atoms with Gasteiger partial charge in [0.1, 0.15) is 0 Å². The second-order valence-corrected chi connectivity index (χ2v) is 7.19. The first kappa shape index (κ1) is 15.5. The molecular weight excluding hydrogens is 318 g/mol. The molecule has 0 radical (unpaired) electrons. The SMILES string of the molecule is O=C1C=C(NC2Cc3ccccc3C2)CC(c2ccccc2Cl)C1. The molecule has 2 nitrogen and oxygen atoms in total. The van der Waals surface area contributed by atoms with Crippen molar-refractivity contribution in [2.75, 3.05) is 0 Å². The van der Waals surface area contributed by atoms with Crippen molar-refractivity contribution in [1.82, 2.24) is 5.32 Å². The van der Waals surface area contributed by atoms with Crippen LogP contribution < -0.4 is 5.32 Å². The van der Waals surface area contributed by atoms with Gasteiger partial charge in [-0.15, -0.1) is 0 Å². The van der Waals surface area contributed by atoms with Crippen LogP contribution in [0.2, 0.25) is 5.02 Å². The number of fused-ring (bicyclic) bond motifs is 1. The van der Waals surface area contributed by atoms with Gasteiger partial charge in [-0.2, -0.15) is 0 Å². The molecule has 2 aliphatic rings. The summed E-state index contributed by atoms with van der Waals surface area (Å²) in [6, 6.07) is 16.8. The molecule has 0 aliphatic heterocycles. The summed E-state index contributed by atoms with van der Waals surface area (Å²) in [4.78, 5) is 12.2. The number of benzene rings is 2. The van der Waals surface area contributed by atoms with Gasteiger partial charge >= 0.3 is 0 Å². The lowest BCUT2D eigenvalue weighted by molar-refractivity contribution is -0.115. The van der Waals surface area contributed by atoms with Gasteiger partial charge in [-0.05, 0) is 47.9 Å². The van der Waals surface area contributed by atoms with E-state index in [9.17, 15) is 4.79 Å². The number of carbonyl (C=O) groups excluding carboxylic acids is 1. The van der Waals surface area contributed by atoms with Gasteiger partial charge in [0.25, 0.3) is 0 Å². The van der Waals surface area contributed by atoms with E-state index >= 15 is 0 Å². The standard InChI is InChI=1S/C21H20ClNO/c22-21-8-4-3-7-20(21)16-11-18(13-19(24)12-16)23-17-9-14-5-1-2-6-15(14)10-17/h1-8,13,16-17,23H,9-12H2. The number of ketones is 1. The Labute approximate surface area is 147 Å². The summed E-state index contributed by atoms with van der Waals surface area (Å²) < 4.78 is 0. The Bertz CT molecular complexity index is 786. The van der Waals surface area contributed by atoms with Crippen molar-refractivity contribution in [3.05, 3.63) is 82.0 Å². The van der Waals surface area contributed by atoms with E-state index in [-0.39, 0.29) is 11.7 Å². The molecule has 3 heteroatoms. The van der Waals surface area contributed by atoms with Crippen LogP contribution in [0.5, 0.6) is 0 Å². The van der Waals surface area contributed by atoms with Gasteiger partial charge in [-0.25, -0.2) is 0 Å². The largest absolute Gasteiger partial charge is 0.385 e. The van der Waals surface area contributed by atoms with Gasteiger partial charge in [-0.3, -0.25) is 4.79 Å². The Balaban J connectivity index is 1.48. The van der Waals surface area contributed by atoms with Gasteiger partial charge in [0.15, 0.2) is 5.78 Å². The highest BCUT2D eigenvalue weighted by molar-refractivity contribution is 6.31. The van der Waals surface area contributed by atoms with Gasteiger partial charge < -0.3 is 5.32 Å². The van der Waals surface area contributed by atoms with Crippen LogP contribution in [-0.2, 0) is 17.6 Å². The van der Waals surface area contributed by atoms with Crippen molar-refractivity contribution in [3.63, 3.8) is 0 Å². The lowest BCUT2D eigenvalue weighted by atomic mass is 9.85. The van der Waals surface area contributed by atoms with Crippen LogP contribution in [0.25, 0.3) is 0 Å². The maximum atomic E-state index is 12.2. The summed E-state index contributed by atoms with van der Waals surface area (Å²) in [6.07, 6.45) is 5.23. The zero-order chi connectivity index (χ0) is 16.5. The number of halogens is 1. The summed E-state index contributed by atoms with van der Waals surface area (Å²) in [5, 5.41) is 4.37. The number of allylic oxidation sites excluding steroid dienone is 2. The van der Waals surface area contributed by atoms with Crippen LogP contribution in [0, 0.1) is 0 Å². The second kappa shape index (κ2) is 6.45. The number of hydrogen-bond donors (Lipinski definition) is 1. The first-order valence-electron chi connectivity index (χ1n) is 8.50. The molecule has 1 atom stereocenters. The van der Waals surface area contributed by atoms with Crippen molar-refractivity contribution in [1.29, 1.82) is 0 Å². The van der Waals surface area contributed by atoms with Gasteiger partial charge in [0.2, 0.25) is 0 Å². The zero-order valence-electron chi connectivity index (χ0n) is 13.5. The predicted molar refractivity (Wildman–Crippen MR) is 97.3 cm³/mol. The molecule has 2 aromatic rings. The first-order chi connectivity index (χ1) is 11.7. The Kier molecular flexibility index (Phi) is 4.15. The fourth-order valence-electron chi connectivity index (χ4n) is 3.94. The number of nitrogens with one attached hydrogen (secondary N) is 1. The highest BCUT2D eigenvalue weighted by Crippen LogP contribution is 2.35. The third-order valence-electron chi connectivity index (χ3n) is 5.03. The quantitative estimate of drug-likeness (QED) is 0.897. The van der Waals surface area contributed by atoms with Crippen molar-refractivity contribution in [3.8, 4) is 0 Å². The smallest absolute Gasteiger partial charge is 0.158 e. The molecule has 0 fully saturated rings. The molecule has 0 bridgehead atoms. The molecule has 24 heavy (non-hydrogen) atoms. The zero-order valence-corrected chi connectivity index (χ0v) is 14.2. The van der Waals surface area contributed by atoms with Gasteiger partial charge in [0, 0.05) is 29.3 Å². The van der Waals surface area contributed by atoms with E-state index < -0.39 is 0 Å². The van der Waals surface area contributed by atoms with E-state index in [0.717, 1.165) is 35.5 Å². The summed E-state index contributed by atoms with van der Waals surface area (Å²) in [5.41, 5.74) is 4.96. The lowest BCUT2D eigenvalue weighted by Crippen LogP contribution is -2.32. The predicted octanol–water partition coefficient (Wildman–Crippen LogP) is 4.43. The minimum absolute atomic E-state index is 0.169. The number of rotatable bonds is 3. The monoisotopic (exact) mass is 337 g/mol. The molecule has 0 saturated heterocycles. The minimum Gasteiger partial charge on any atom is -0.385 e. The molecule has 1 N–H and O–H groups in total. The van der Waals surface area contributed by atoms with Gasteiger partial charge in [-0.1, -0.05) is 54.1 Å². The highest BCUT2D eigenvalue weighted by atomic mass is 35.5. The molecule has 2 aromatic carbocycles. The van der Waals surface area contributed by atoms with Crippen molar-refractivity contribution < 1.29 is 4.79 Å². The van der Waals surface area contributed by atoms with E-state index in [4.69, 9.17) is 11.6 Å². The highest BCUT2D eigenvalue weighted by Gasteiger charge is 2.27. The Morgan fingerprint density at radius 2 is 1.54 bits per heavy atom. The molecule has 0 aromatic heterocycles. The molecule has 0 spiro atoms. The third-order valence-corrected chi connectivity index (χ3v) is 5.38. The number of carbonyl (C=O) groups is 1. The van der Waals surface area contributed by atoms with E-state index in [2.05, 4.69) is 29.6 Å². The molecule has 2 aliphatic carbocycles. The molecule has 0 amide bonds. The Morgan fingerprint density at radius 1 is 0.875 bits per heavy atom. The second-order valence-electron chi connectivity index (χ2n) is 6.78. The van der Waals surface area contributed by atoms with Crippen molar-refractivity contribution in [2.45, 2.75) is 37.6 Å². The molecule has 0 saturated carbocycles. The van der Waals surface area contributed by atoms with E-state index in [1.165, 1.54) is 11.1 Å². The Morgan fingerprint density at radius 3 is 2.25 bits per heavy atom. The first-order valence-corrected chi connectivity index (χ1v) is 8.88. The van der Waals surface area contributed by atoms with Crippen LogP contribution >= 0.6 is 11.6 Å². The topological polar surface area (TPSA) is 29.1 Å². The lowest BCUT2D eigenvalue weighted by Gasteiger charge is -2.26. The fourth-order valence-corrected chi connectivity index (χ4v) is 4.23. The molecule has 0 heterocycles. The molecule has 1 unspecified atom stereocenters. The fraction of sp³-hybridized carbons (Fsp3) is 0.286. The summed E-state index contributed by atoms with van der Waals surface area (Å²) >= 11 is 6.33.